The van der Waals surface area contributed by atoms with E-state index in [0.29, 0.717) is 17.4 Å². The third-order valence-corrected chi connectivity index (χ3v) is 4.93. The Hall–Kier alpha value is -1.82. The van der Waals surface area contributed by atoms with Gasteiger partial charge in [-0.1, -0.05) is 25.1 Å². The van der Waals surface area contributed by atoms with Crippen LogP contribution in [0.4, 0.5) is 0 Å². The van der Waals surface area contributed by atoms with Crippen molar-refractivity contribution in [3.05, 3.63) is 36.1 Å². The number of para-hydroxylation sites is 1. The molecule has 1 atom stereocenters. The van der Waals surface area contributed by atoms with Crippen LogP contribution in [0.1, 0.15) is 30.6 Å². The van der Waals surface area contributed by atoms with E-state index in [-0.39, 0.29) is 5.56 Å². The Morgan fingerprint density at radius 2 is 2.05 bits per heavy atom. The van der Waals surface area contributed by atoms with Crippen molar-refractivity contribution in [2.45, 2.75) is 25.5 Å². The minimum Gasteiger partial charge on any atom is -0.463 e. The van der Waals surface area contributed by atoms with Crippen molar-refractivity contribution in [3.63, 3.8) is 0 Å². The van der Waals surface area contributed by atoms with Crippen LogP contribution < -0.4 is 4.72 Å². The highest BCUT2D eigenvalue weighted by atomic mass is 32.2. The van der Waals surface area contributed by atoms with Gasteiger partial charge in [-0.2, -0.15) is 0 Å². The van der Waals surface area contributed by atoms with Crippen LogP contribution in [0.15, 0.2) is 34.9 Å². The molecule has 102 valence electrons. The van der Waals surface area contributed by atoms with Crippen LogP contribution in [-0.2, 0) is 10.0 Å². The van der Waals surface area contributed by atoms with E-state index in [9.17, 15) is 13.2 Å². The van der Waals surface area contributed by atoms with E-state index in [2.05, 4.69) is 4.72 Å². The van der Waals surface area contributed by atoms with Crippen molar-refractivity contribution in [1.82, 2.24) is 4.72 Å². The molecule has 0 fully saturated rings. The van der Waals surface area contributed by atoms with Crippen molar-refractivity contribution in [2.24, 2.45) is 0 Å². The predicted octanol–water partition coefficient (Wildman–Crippen LogP) is 2.29. The molecule has 19 heavy (non-hydrogen) atoms. The lowest BCUT2D eigenvalue weighted by molar-refractivity contribution is 0.0982. The Morgan fingerprint density at radius 1 is 1.37 bits per heavy atom. The fourth-order valence-corrected chi connectivity index (χ4v) is 2.67. The fourth-order valence-electron chi connectivity index (χ4n) is 1.66. The summed E-state index contributed by atoms with van der Waals surface area (Å²) in [6.45, 7) is 3.31. The number of rotatable bonds is 4. The summed E-state index contributed by atoms with van der Waals surface area (Å²) in [5.41, 5.74) is 0.774. The smallest absolute Gasteiger partial charge is 0.268 e. The number of carbonyl (C=O) groups is 1. The highest BCUT2D eigenvalue weighted by molar-refractivity contribution is 7.90. The van der Waals surface area contributed by atoms with Gasteiger partial charge in [-0.05, 0) is 19.4 Å². The van der Waals surface area contributed by atoms with Crippen molar-refractivity contribution in [1.29, 1.82) is 0 Å². The summed E-state index contributed by atoms with van der Waals surface area (Å²) < 4.78 is 31.0. The topological polar surface area (TPSA) is 76.4 Å². The zero-order valence-electron chi connectivity index (χ0n) is 10.7. The van der Waals surface area contributed by atoms with Crippen LogP contribution >= 0.6 is 0 Å². The van der Waals surface area contributed by atoms with E-state index in [4.69, 9.17) is 4.42 Å². The highest BCUT2D eigenvalue weighted by Crippen LogP contribution is 2.20. The van der Waals surface area contributed by atoms with Gasteiger partial charge in [0.15, 0.2) is 0 Å². The lowest BCUT2D eigenvalue weighted by Crippen LogP contribution is -2.36. The number of furan rings is 1. The first kappa shape index (κ1) is 13.6. The van der Waals surface area contributed by atoms with Gasteiger partial charge in [-0.15, -0.1) is 0 Å². The second kappa shape index (κ2) is 5.05. The summed E-state index contributed by atoms with van der Waals surface area (Å²) in [5.74, 6) is -0.662. The summed E-state index contributed by atoms with van der Waals surface area (Å²) in [6.07, 6.45) is 1.71. The summed E-state index contributed by atoms with van der Waals surface area (Å²) in [6, 6.07) is 6.97. The Bertz CT molecular complexity index is 702. The Labute approximate surface area is 111 Å². The Morgan fingerprint density at radius 3 is 2.74 bits per heavy atom. The molecule has 1 aromatic heterocycles. The quantitative estimate of drug-likeness (QED) is 0.932. The number of amides is 1. The maximum absolute atomic E-state index is 12.0. The van der Waals surface area contributed by atoms with Gasteiger partial charge < -0.3 is 4.42 Å². The molecule has 5 nitrogen and oxygen atoms in total. The molecule has 1 heterocycles. The van der Waals surface area contributed by atoms with Crippen LogP contribution in [0.25, 0.3) is 11.0 Å². The molecule has 0 spiro atoms. The van der Waals surface area contributed by atoms with E-state index in [1.807, 2.05) is 0 Å². The molecule has 0 aliphatic rings. The third kappa shape index (κ3) is 2.63. The van der Waals surface area contributed by atoms with E-state index < -0.39 is 21.2 Å². The van der Waals surface area contributed by atoms with E-state index in [0.717, 1.165) is 0 Å². The predicted molar refractivity (Wildman–Crippen MR) is 72.4 cm³/mol. The SMILES string of the molecule is CC[C@H](C)S(=O)(=O)NC(=O)c1coc2ccccc12. The van der Waals surface area contributed by atoms with Crippen LogP contribution in [0.3, 0.4) is 0 Å². The first-order valence-electron chi connectivity index (χ1n) is 5.98. The number of fused-ring (bicyclic) bond motifs is 1. The molecule has 1 amide bonds. The molecule has 6 heteroatoms. The van der Waals surface area contributed by atoms with Crippen LogP contribution in [0.2, 0.25) is 0 Å². The molecule has 0 radical (unpaired) electrons. The molecular formula is C13H15NO4S. The fraction of sp³-hybridized carbons (Fsp3) is 0.308. The zero-order valence-corrected chi connectivity index (χ0v) is 11.5. The molecule has 0 unspecified atom stereocenters. The number of sulfonamides is 1. The number of carbonyl (C=O) groups excluding carboxylic acids is 1. The van der Waals surface area contributed by atoms with Crippen molar-refractivity contribution < 1.29 is 17.6 Å². The van der Waals surface area contributed by atoms with Crippen molar-refractivity contribution >= 4 is 26.9 Å². The van der Waals surface area contributed by atoms with Crippen LogP contribution in [0.5, 0.6) is 0 Å². The first-order valence-corrected chi connectivity index (χ1v) is 7.52. The van der Waals surface area contributed by atoms with E-state index in [1.165, 1.54) is 6.26 Å². The van der Waals surface area contributed by atoms with Gasteiger partial charge in [0.2, 0.25) is 10.0 Å². The summed E-state index contributed by atoms with van der Waals surface area (Å²) >= 11 is 0. The summed E-state index contributed by atoms with van der Waals surface area (Å²) in [5, 5.41) is -0.0195. The Balaban J connectivity index is 2.31. The molecule has 2 rings (SSSR count). The second-order valence-electron chi connectivity index (χ2n) is 4.34. The van der Waals surface area contributed by atoms with Gasteiger partial charge in [0.1, 0.15) is 11.8 Å². The lowest BCUT2D eigenvalue weighted by Gasteiger charge is -2.11. The molecular weight excluding hydrogens is 266 g/mol. The molecule has 1 aromatic carbocycles. The maximum atomic E-state index is 12.0. The molecule has 0 aliphatic carbocycles. The maximum Gasteiger partial charge on any atom is 0.268 e. The average Bonchev–Trinajstić information content (AvgIpc) is 2.81. The Kier molecular flexibility index (Phi) is 3.61. The van der Waals surface area contributed by atoms with Crippen molar-refractivity contribution in [2.75, 3.05) is 0 Å². The minimum absolute atomic E-state index is 0.225. The number of hydrogen-bond acceptors (Lipinski definition) is 4. The lowest BCUT2D eigenvalue weighted by atomic mass is 10.2. The monoisotopic (exact) mass is 281 g/mol. The third-order valence-electron chi connectivity index (χ3n) is 3.07. The standard InChI is InChI=1S/C13H15NO4S/c1-3-9(2)19(16,17)14-13(15)11-8-18-12-7-5-4-6-10(11)12/h4-9H,3H2,1-2H3,(H,14,15)/t9-/m0/s1. The molecule has 0 saturated heterocycles. The minimum atomic E-state index is -3.65. The van der Waals surface area contributed by atoms with E-state index in [1.54, 1.807) is 38.1 Å². The molecule has 0 aliphatic heterocycles. The summed E-state index contributed by atoms with van der Waals surface area (Å²) in [4.78, 5) is 12.0. The van der Waals surface area contributed by atoms with Gasteiger partial charge in [0, 0.05) is 5.39 Å². The first-order chi connectivity index (χ1) is 8.95. The van der Waals surface area contributed by atoms with Gasteiger partial charge in [-0.3, -0.25) is 4.79 Å². The highest BCUT2D eigenvalue weighted by Gasteiger charge is 2.24. The van der Waals surface area contributed by atoms with Crippen LogP contribution in [-0.4, -0.2) is 19.6 Å². The van der Waals surface area contributed by atoms with Crippen LogP contribution in [0, 0.1) is 0 Å². The number of hydrogen-bond donors (Lipinski definition) is 1. The van der Waals surface area contributed by atoms with Gasteiger partial charge >= 0.3 is 0 Å². The molecule has 0 bridgehead atoms. The molecule has 1 N–H and O–H groups in total. The second-order valence-corrected chi connectivity index (χ2v) is 6.44. The zero-order chi connectivity index (χ0) is 14.0. The summed E-state index contributed by atoms with van der Waals surface area (Å²) in [7, 11) is -3.65. The largest absolute Gasteiger partial charge is 0.463 e. The van der Waals surface area contributed by atoms with Crippen molar-refractivity contribution in [3.8, 4) is 0 Å². The normalized spacial score (nSPS) is 13.4. The van der Waals surface area contributed by atoms with Gasteiger partial charge in [0.25, 0.3) is 5.91 Å². The van der Waals surface area contributed by atoms with E-state index >= 15 is 0 Å². The molecule has 0 saturated carbocycles. The van der Waals surface area contributed by atoms with Gasteiger partial charge in [0.05, 0.1) is 10.8 Å². The number of nitrogens with one attached hydrogen (secondary N) is 1. The van der Waals surface area contributed by atoms with Gasteiger partial charge in [-0.25, -0.2) is 13.1 Å². The molecule has 2 aromatic rings. The number of benzene rings is 1. The average molecular weight is 281 g/mol.